The molecule has 0 nitrogen and oxygen atoms in total. The number of thiophene rings is 4. The molecule has 0 aliphatic carbocycles. The van der Waals surface area contributed by atoms with Crippen molar-refractivity contribution in [2.45, 2.75) is 173 Å². The average molecular weight is 1120 g/mol. The van der Waals surface area contributed by atoms with Gasteiger partial charge in [0.15, 0.2) is 0 Å². The first-order valence-corrected chi connectivity index (χ1v) is 48.1. The molecular formula is C56H78S4Sn2. The second-order valence-electron chi connectivity index (χ2n) is 21.0. The minimum absolute atomic E-state index is 0.804. The van der Waals surface area contributed by atoms with Gasteiger partial charge in [-0.15, -0.1) is 0 Å². The molecule has 6 heteroatoms. The summed E-state index contributed by atoms with van der Waals surface area (Å²) >= 11 is 3.56. The van der Waals surface area contributed by atoms with E-state index in [4.69, 9.17) is 0 Å². The Morgan fingerprint density at radius 3 is 1.18 bits per heavy atom. The van der Waals surface area contributed by atoms with Crippen molar-refractivity contribution in [3.8, 4) is 20.9 Å². The van der Waals surface area contributed by atoms with E-state index < -0.39 is 36.8 Å². The quantitative estimate of drug-likeness (QED) is 0.0418. The van der Waals surface area contributed by atoms with Gasteiger partial charge in [0.2, 0.25) is 0 Å². The van der Waals surface area contributed by atoms with Crippen molar-refractivity contribution in [3.05, 3.63) is 71.8 Å². The van der Waals surface area contributed by atoms with E-state index in [0.29, 0.717) is 0 Å². The van der Waals surface area contributed by atoms with Crippen LogP contribution in [0.4, 0.5) is 0 Å². The second-order valence-corrected chi connectivity index (χ2v) is 56.1. The van der Waals surface area contributed by atoms with E-state index in [9.17, 15) is 0 Å². The molecule has 0 bridgehead atoms. The van der Waals surface area contributed by atoms with E-state index in [2.05, 4.69) is 141 Å². The number of unbranched alkanes of at least 4 members (excludes halogenated alkanes) is 8. The van der Waals surface area contributed by atoms with E-state index in [1.807, 2.05) is 22.7 Å². The summed E-state index contributed by atoms with van der Waals surface area (Å²) in [7, 11) is 0. The normalized spacial score (nSPS) is 13.7. The Morgan fingerprint density at radius 2 is 0.806 bits per heavy atom. The topological polar surface area (TPSA) is 0 Å². The molecule has 0 spiro atoms. The van der Waals surface area contributed by atoms with Crippen LogP contribution >= 0.6 is 45.3 Å². The molecule has 0 radical (unpaired) electrons. The van der Waals surface area contributed by atoms with E-state index in [1.54, 1.807) is 26.3 Å². The van der Waals surface area contributed by atoms with Crippen molar-refractivity contribution in [1.29, 1.82) is 0 Å². The van der Waals surface area contributed by atoms with E-state index in [-0.39, 0.29) is 0 Å². The van der Waals surface area contributed by atoms with Gasteiger partial charge in [0.25, 0.3) is 0 Å². The van der Waals surface area contributed by atoms with Crippen LogP contribution in [0.1, 0.15) is 142 Å². The van der Waals surface area contributed by atoms with Gasteiger partial charge in [0.05, 0.1) is 0 Å². The van der Waals surface area contributed by atoms with Crippen LogP contribution in [-0.2, 0) is 12.8 Å². The van der Waals surface area contributed by atoms with Gasteiger partial charge in [-0.1, -0.05) is 105 Å². The Labute approximate surface area is 401 Å². The van der Waals surface area contributed by atoms with E-state index >= 15 is 0 Å². The minimum atomic E-state index is -2.43. The summed E-state index contributed by atoms with van der Waals surface area (Å²) in [4.78, 5) is 18.6. The maximum absolute atomic E-state index is 2.70. The Balaban J connectivity index is 1.32. The zero-order chi connectivity index (χ0) is 44.0. The van der Waals surface area contributed by atoms with Crippen LogP contribution in [0.15, 0.2) is 60.7 Å². The summed E-state index contributed by atoms with van der Waals surface area (Å²) in [6.45, 7) is 9.38. The summed E-state index contributed by atoms with van der Waals surface area (Å²) in [5.41, 5.74) is 6.15. The first kappa shape index (κ1) is 49.0. The zero-order valence-corrected chi connectivity index (χ0v) is 49.3. The first-order valence-electron chi connectivity index (χ1n) is 24.9. The molecule has 2 atom stereocenters. The van der Waals surface area contributed by atoms with Gasteiger partial charge in [-0.3, -0.25) is 0 Å². The van der Waals surface area contributed by atoms with E-state index in [1.165, 1.54) is 167 Å². The fourth-order valence-corrected chi connectivity index (χ4v) is 25.0. The predicted octanol–water partition coefficient (Wildman–Crippen LogP) is 19.6. The number of hydrogen-bond acceptors (Lipinski definition) is 4. The summed E-state index contributed by atoms with van der Waals surface area (Å²) < 4.78 is 9.37. The molecular weight excluding hydrogens is 1040 g/mol. The summed E-state index contributed by atoms with van der Waals surface area (Å²) in [5.74, 6) is 1.61. The SMILES string of the molecule is CCCCCCC(CCCC)Cc1ccc2sc(-c3c4c[c]([Sn]([CH3])([CH3])[CH3])sc4c(-c4cc5cc(CC(CCCC)CCCCCC)ccc5s4)c4c[c]([Sn]([CH3])([CH3])[CH3])sc34)cc2c1. The van der Waals surface area contributed by atoms with Crippen molar-refractivity contribution < 1.29 is 0 Å². The van der Waals surface area contributed by atoms with Crippen LogP contribution in [0.25, 0.3) is 61.2 Å². The third-order valence-corrected chi connectivity index (χ3v) is 36.9. The van der Waals surface area contributed by atoms with Crippen LogP contribution < -0.4 is 5.79 Å². The zero-order valence-electron chi connectivity index (χ0n) is 40.3. The Hall–Kier alpha value is -0.903. The van der Waals surface area contributed by atoms with Crippen LogP contribution in [-0.4, -0.2) is 36.8 Å². The Bertz CT molecular complexity index is 2300. The van der Waals surface area contributed by atoms with Crippen LogP contribution in [0.2, 0.25) is 29.6 Å². The average Bonchev–Trinajstić information content (AvgIpc) is 4.05. The number of benzene rings is 3. The Morgan fingerprint density at radius 1 is 0.419 bits per heavy atom. The fraction of sp³-hybridized carbons (Fsp3) is 0.536. The standard InChI is InChI=1S/C50H60S4.6CH3.2Sn/c1-5-9-13-15-19-35(17-11-7-3)29-37-21-23-43-39(31-37)33-45(53-43)47-41-25-27-52-50(41)48(42-26-28-51-49(42)47)46-34-40-32-38(22-24-44(40)54-46)30-36(18-12-8-4)20-16-14-10-6-2;;;;;;;;/h21-26,31-36H,5-20,29-30H2,1-4H3;6*1H3;;. The number of rotatable bonds is 24. The molecule has 0 saturated carbocycles. The molecule has 0 fully saturated rings. The maximum atomic E-state index is 2.70. The molecule has 0 amide bonds. The van der Waals surface area contributed by atoms with Crippen LogP contribution in [0.3, 0.4) is 0 Å². The number of fused-ring (bicyclic) bond motifs is 4. The molecule has 4 aromatic heterocycles. The van der Waals surface area contributed by atoms with Crippen molar-refractivity contribution in [3.63, 3.8) is 0 Å². The fourth-order valence-electron chi connectivity index (χ4n) is 9.75. The summed E-state index contributed by atoms with van der Waals surface area (Å²) in [6, 6.07) is 25.6. The summed E-state index contributed by atoms with van der Waals surface area (Å²) in [6.07, 6.45) is 24.2. The van der Waals surface area contributed by atoms with Gasteiger partial charge in [0.1, 0.15) is 0 Å². The second kappa shape index (κ2) is 22.3. The van der Waals surface area contributed by atoms with Gasteiger partial charge < -0.3 is 0 Å². The molecule has 0 N–H and O–H groups in total. The van der Waals surface area contributed by atoms with Crippen molar-refractivity contribution in [2.24, 2.45) is 11.8 Å². The van der Waals surface area contributed by atoms with Crippen LogP contribution in [0.5, 0.6) is 0 Å². The molecule has 7 rings (SSSR count). The molecule has 0 aliphatic rings. The molecule has 2 unspecified atom stereocenters. The number of hydrogen-bond donors (Lipinski definition) is 0. The van der Waals surface area contributed by atoms with Crippen molar-refractivity contribution in [1.82, 2.24) is 0 Å². The first-order chi connectivity index (χ1) is 29.8. The molecule has 4 heterocycles. The monoisotopic (exact) mass is 1120 g/mol. The third-order valence-electron chi connectivity index (χ3n) is 13.5. The van der Waals surface area contributed by atoms with Gasteiger partial charge >= 0.3 is 301 Å². The summed E-state index contributed by atoms with van der Waals surface area (Å²) in [5, 5.41) is 5.94. The van der Waals surface area contributed by atoms with Gasteiger partial charge in [0, 0.05) is 0 Å². The van der Waals surface area contributed by atoms with Gasteiger partial charge in [-0.05, 0) is 0 Å². The Kier molecular flexibility index (Phi) is 17.6. The van der Waals surface area contributed by atoms with Crippen molar-refractivity contribution in [2.75, 3.05) is 0 Å². The van der Waals surface area contributed by atoms with Gasteiger partial charge in [-0.25, -0.2) is 0 Å². The van der Waals surface area contributed by atoms with Crippen molar-refractivity contribution >= 4 is 128 Å². The third kappa shape index (κ3) is 12.0. The predicted molar refractivity (Wildman–Crippen MR) is 296 cm³/mol. The molecule has 7 aromatic rings. The molecule has 3 aromatic carbocycles. The molecule has 62 heavy (non-hydrogen) atoms. The van der Waals surface area contributed by atoms with E-state index in [0.717, 1.165) is 11.8 Å². The molecule has 0 saturated heterocycles. The molecule has 0 aliphatic heterocycles. The van der Waals surface area contributed by atoms with Crippen LogP contribution in [0, 0.1) is 11.8 Å². The molecule has 334 valence electrons. The van der Waals surface area contributed by atoms with Gasteiger partial charge in [-0.2, -0.15) is 0 Å².